The van der Waals surface area contributed by atoms with Crippen LogP contribution in [0, 0.1) is 17.2 Å². The van der Waals surface area contributed by atoms with Crippen LogP contribution >= 0.6 is 11.3 Å². The Morgan fingerprint density at radius 2 is 1.96 bits per heavy atom. The van der Waals surface area contributed by atoms with Crippen LogP contribution in [0.25, 0.3) is 0 Å². The normalized spacial score (nSPS) is 15.9. The van der Waals surface area contributed by atoms with Crippen molar-refractivity contribution in [1.82, 2.24) is 4.31 Å². The number of hydrogen-bond acceptors (Lipinski definition) is 9. The molecule has 0 atom stereocenters. The van der Waals surface area contributed by atoms with Gasteiger partial charge < -0.3 is 15.2 Å². The fourth-order valence-electron chi connectivity index (χ4n) is 2.79. The molecule has 0 amide bonds. The van der Waals surface area contributed by atoms with E-state index in [9.17, 15) is 23.3 Å². The standard InChI is InChI=1S/C16H21N3O6S2/c1-3-24-16(21)13-12(11(8-17)14(18)26-13)9-25-15(20)10-4-6-19(7-5-10)27(2,22)23/h10H,3-7,9,18H2,1-2H3. The third-order valence-corrected chi connectivity index (χ3v) is 6.57. The van der Waals surface area contributed by atoms with Gasteiger partial charge in [0.1, 0.15) is 22.6 Å². The van der Waals surface area contributed by atoms with E-state index < -0.39 is 27.9 Å². The summed E-state index contributed by atoms with van der Waals surface area (Å²) < 4.78 is 34.6. The lowest BCUT2D eigenvalue weighted by Gasteiger charge is -2.28. The van der Waals surface area contributed by atoms with Gasteiger partial charge in [-0.15, -0.1) is 11.3 Å². The van der Waals surface area contributed by atoms with Gasteiger partial charge in [-0.1, -0.05) is 0 Å². The van der Waals surface area contributed by atoms with Crippen LogP contribution < -0.4 is 5.73 Å². The topological polar surface area (TPSA) is 140 Å². The van der Waals surface area contributed by atoms with Gasteiger partial charge in [0.15, 0.2) is 0 Å². The molecule has 2 N–H and O–H groups in total. The number of esters is 2. The minimum absolute atomic E-state index is 0.0998. The molecule has 0 spiro atoms. The number of sulfonamides is 1. The van der Waals surface area contributed by atoms with E-state index in [4.69, 9.17) is 15.2 Å². The van der Waals surface area contributed by atoms with Crippen LogP contribution in [0.4, 0.5) is 5.00 Å². The first-order valence-electron chi connectivity index (χ1n) is 8.29. The summed E-state index contributed by atoms with van der Waals surface area (Å²) in [6, 6.07) is 1.92. The van der Waals surface area contributed by atoms with Gasteiger partial charge in [-0.3, -0.25) is 4.79 Å². The molecule has 0 bridgehead atoms. The average Bonchev–Trinajstić information content (AvgIpc) is 2.94. The molecule has 0 unspecified atom stereocenters. The fraction of sp³-hybridized carbons (Fsp3) is 0.562. The highest BCUT2D eigenvalue weighted by Crippen LogP contribution is 2.32. The number of ether oxygens (including phenoxy) is 2. The Labute approximate surface area is 161 Å². The number of nitrogen functional groups attached to an aromatic ring is 1. The maximum Gasteiger partial charge on any atom is 0.348 e. The summed E-state index contributed by atoms with van der Waals surface area (Å²) >= 11 is 0.920. The first-order chi connectivity index (χ1) is 12.7. The van der Waals surface area contributed by atoms with E-state index in [1.54, 1.807) is 6.92 Å². The first kappa shape index (κ1) is 21.1. The summed E-state index contributed by atoms with van der Waals surface area (Å²) in [7, 11) is -3.28. The zero-order valence-corrected chi connectivity index (χ0v) is 16.7. The van der Waals surface area contributed by atoms with Crippen LogP contribution in [0.3, 0.4) is 0 Å². The molecule has 148 valence electrons. The minimum Gasteiger partial charge on any atom is -0.462 e. The molecule has 1 aromatic rings. The lowest BCUT2D eigenvalue weighted by atomic mass is 9.98. The van der Waals surface area contributed by atoms with E-state index in [2.05, 4.69) is 0 Å². The highest BCUT2D eigenvalue weighted by atomic mass is 32.2. The lowest BCUT2D eigenvalue weighted by Crippen LogP contribution is -2.40. The van der Waals surface area contributed by atoms with Crippen LogP contribution in [-0.2, 0) is 30.9 Å². The van der Waals surface area contributed by atoms with Crippen molar-refractivity contribution in [2.24, 2.45) is 5.92 Å². The van der Waals surface area contributed by atoms with Crippen LogP contribution in [0.1, 0.15) is 40.6 Å². The van der Waals surface area contributed by atoms with Gasteiger partial charge >= 0.3 is 11.9 Å². The predicted octanol–water partition coefficient (Wildman–Crippen LogP) is 1.09. The van der Waals surface area contributed by atoms with Crippen molar-refractivity contribution in [2.45, 2.75) is 26.4 Å². The molecule has 27 heavy (non-hydrogen) atoms. The number of carbonyl (C=O) groups is 2. The summed E-state index contributed by atoms with van der Waals surface area (Å²) in [4.78, 5) is 24.5. The summed E-state index contributed by atoms with van der Waals surface area (Å²) in [5.41, 5.74) is 6.11. The minimum atomic E-state index is -3.28. The molecular formula is C16H21N3O6S2. The van der Waals surface area contributed by atoms with Gasteiger partial charge in [0.05, 0.1) is 24.3 Å². The zero-order chi connectivity index (χ0) is 20.2. The molecule has 1 aliphatic rings. The Balaban J connectivity index is 2.05. The van der Waals surface area contributed by atoms with E-state index in [1.807, 2.05) is 6.07 Å². The zero-order valence-electron chi connectivity index (χ0n) is 15.1. The Morgan fingerprint density at radius 1 is 1.33 bits per heavy atom. The molecule has 0 aromatic carbocycles. The summed E-state index contributed by atoms with van der Waals surface area (Å²) in [6.07, 6.45) is 1.84. The van der Waals surface area contributed by atoms with Crippen molar-refractivity contribution in [3.8, 4) is 6.07 Å². The number of hydrogen-bond donors (Lipinski definition) is 1. The summed E-state index contributed by atoms with van der Waals surface area (Å²) in [5, 5.41) is 9.43. The SMILES string of the molecule is CCOC(=O)c1sc(N)c(C#N)c1COC(=O)C1CCN(S(C)(=O)=O)CC1. The van der Waals surface area contributed by atoms with Crippen molar-refractivity contribution < 1.29 is 27.5 Å². The van der Waals surface area contributed by atoms with Crippen LogP contribution in [0.5, 0.6) is 0 Å². The Morgan fingerprint density at radius 3 is 2.48 bits per heavy atom. The van der Waals surface area contributed by atoms with Crippen LogP contribution in [0.15, 0.2) is 0 Å². The maximum absolute atomic E-state index is 12.3. The number of carbonyl (C=O) groups excluding carboxylic acids is 2. The van der Waals surface area contributed by atoms with Crippen molar-refractivity contribution in [2.75, 3.05) is 31.7 Å². The van der Waals surface area contributed by atoms with Crippen molar-refractivity contribution in [1.29, 1.82) is 5.26 Å². The van der Waals surface area contributed by atoms with E-state index in [0.29, 0.717) is 12.8 Å². The van der Waals surface area contributed by atoms with Crippen molar-refractivity contribution in [3.63, 3.8) is 0 Å². The van der Waals surface area contributed by atoms with Gasteiger partial charge in [-0.2, -0.15) is 5.26 Å². The molecule has 1 fully saturated rings. The number of thiophene rings is 1. The Hall–Kier alpha value is -2.16. The number of nitriles is 1. The molecule has 0 aliphatic carbocycles. The van der Waals surface area contributed by atoms with Gasteiger partial charge in [0.2, 0.25) is 10.0 Å². The maximum atomic E-state index is 12.3. The highest BCUT2D eigenvalue weighted by molar-refractivity contribution is 7.88. The van der Waals surface area contributed by atoms with Crippen LogP contribution in [-0.4, -0.2) is 50.6 Å². The monoisotopic (exact) mass is 415 g/mol. The molecule has 11 heteroatoms. The van der Waals surface area contributed by atoms with E-state index in [1.165, 1.54) is 4.31 Å². The number of anilines is 1. The van der Waals surface area contributed by atoms with E-state index in [-0.39, 0.29) is 47.3 Å². The molecule has 1 saturated heterocycles. The average molecular weight is 415 g/mol. The number of nitrogens with zero attached hydrogens (tertiary/aromatic N) is 2. The Kier molecular flexibility index (Phi) is 6.80. The summed E-state index contributed by atoms with van der Waals surface area (Å²) in [6.45, 7) is 2.05. The Bertz CT molecular complexity index is 863. The first-order valence-corrected chi connectivity index (χ1v) is 11.0. The molecule has 0 saturated carbocycles. The number of piperidine rings is 1. The molecular weight excluding hydrogens is 394 g/mol. The summed E-state index contributed by atoms with van der Waals surface area (Å²) in [5.74, 6) is -1.55. The highest BCUT2D eigenvalue weighted by Gasteiger charge is 2.31. The predicted molar refractivity (Wildman–Crippen MR) is 98.3 cm³/mol. The number of rotatable bonds is 6. The van der Waals surface area contributed by atoms with Gasteiger partial charge in [0, 0.05) is 18.7 Å². The van der Waals surface area contributed by atoms with E-state index in [0.717, 1.165) is 17.6 Å². The number of nitrogens with two attached hydrogens (primary N) is 1. The van der Waals surface area contributed by atoms with E-state index >= 15 is 0 Å². The second-order valence-electron chi connectivity index (χ2n) is 6.03. The van der Waals surface area contributed by atoms with Crippen LogP contribution in [0.2, 0.25) is 0 Å². The van der Waals surface area contributed by atoms with Gasteiger partial charge in [0.25, 0.3) is 0 Å². The lowest BCUT2D eigenvalue weighted by molar-refractivity contribution is -0.151. The molecule has 9 nitrogen and oxygen atoms in total. The third-order valence-electron chi connectivity index (χ3n) is 4.22. The molecule has 2 rings (SSSR count). The van der Waals surface area contributed by atoms with Gasteiger partial charge in [-0.05, 0) is 19.8 Å². The van der Waals surface area contributed by atoms with Crippen molar-refractivity contribution in [3.05, 3.63) is 16.0 Å². The second-order valence-corrected chi connectivity index (χ2v) is 9.06. The molecule has 0 radical (unpaired) electrons. The van der Waals surface area contributed by atoms with Crippen molar-refractivity contribution >= 4 is 38.3 Å². The largest absolute Gasteiger partial charge is 0.462 e. The molecule has 2 heterocycles. The van der Waals surface area contributed by atoms with Gasteiger partial charge in [-0.25, -0.2) is 17.5 Å². The second kappa shape index (κ2) is 8.69. The quantitative estimate of drug-likeness (QED) is 0.681. The molecule has 1 aromatic heterocycles. The molecule has 1 aliphatic heterocycles. The fourth-order valence-corrected chi connectivity index (χ4v) is 4.58. The smallest absolute Gasteiger partial charge is 0.348 e. The third kappa shape index (κ3) is 4.97.